The third kappa shape index (κ3) is 2.96. The number of hydrogen-bond donors (Lipinski definition) is 1. The topological polar surface area (TPSA) is 23.5 Å². The first-order valence-electron chi connectivity index (χ1n) is 8.50. The van der Waals surface area contributed by atoms with Crippen molar-refractivity contribution in [3.8, 4) is 11.1 Å². The highest BCUT2D eigenvalue weighted by atomic mass is 19.4. The van der Waals surface area contributed by atoms with Crippen molar-refractivity contribution in [1.29, 1.82) is 0 Å². The molecule has 2 aromatic rings. The Morgan fingerprint density at radius 3 is 2.40 bits per heavy atom. The molecule has 1 aliphatic carbocycles. The summed E-state index contributed by atoms with van der Waals surface area (Å²) in [7, 11) is 1.95. The Kier molecular flexibility index (Phi) is 4.64. The summed E-state index contributed by atoms with van der Waals surface area (Å²) in [6.07, 6.45) is -2.67. The van der Waals surface area contributed by atoms with E-state index >= 15 is 0 Å². The largest absolute Gasteiger partial charge is 0.425 e. The average Bonchev–Trinajstić information content (AvgIpc) is 2.83. The Bertz CT molecular complexity index is 772. The molecule has 2 aromatic carbocycles. The number of unbranched alkanes of at least 4 members (excludes halogenated alkanes) is 1. The Morgan fingerprint density at radius 1 is 1.04 bits per heavy atom. The zero-order valence-electron chi connectivity index (χ0n) is 14.4. The van der Waals surface area contributed by atoms with Crippen LogP contribution in [-0.2, 0) is 12.1 Å². The van der Waals surface area contributed by atoms with Crippen LogP contribution in [0.4, 0.5) is 13.2 Å². The van der Waals surface area contributed by atoms with E-state index in [1.54, 1.807) is 18.2 Å². The summed E-state index contributed by atoms with van der Waals surface area (Å²) in [4.78, 5) is 2.08. The molecule has 1 aliphatic rings. The van der Waals surface area contributed by atoms with Crippen LogP contribution in [0.5, 0.6) is 0 Å². The lowest BCUT2D eigenvalue weighted by Crippen LogP contribution is -2.41. The number of fused-ring (bicyclic) bond motifs is 3. The van der Waals surface area contributed by atoms with Crippen LogP contribution < -0.4 is 0 Å². The fourth-order valence-electron chi connectivity index (χ4n) is 3.53. The van der Waals surface area contributed by atoms with E-state index in [-0.39, 0.29) is 11.1 Å². The van der Waals surface area contributed by atoms with Gasteiger partial charge in [0.15, 0.2) is 0 Å². The normalized spacial score (nSPS) is 19.2. The summed E-state index contributed by atoms with van der Waals surface area (Å²) >= 11 is 0. The van der Waals surface area contributed by atoms with Gasteiger partial charge in [0.05, 0.1) is 0 Å². The molecule has 0 radical (unpaired) electrons. The minimum atomic E-state index is -4.78. The van der Waals surface area contributed by atoms with Gasteiger partial charge in [0.25, 0.3) is 0 Å². The first-order chi connectivity index (χ1) is 11.8. The number of nitrogens with zero attached hydrogens (tertiary/aromatic N) is 1. The average molecular weight is 349 g/mol. The van der Waals surface area contributed by atoms with Crippen molar-refractivity contribution in [1.82, 2.24) is 4.90 Å². The van der Waals surface area contributed by atoms with Crippen LogP contribution in [0, 0.1) is 0 Å². The highest BCUT2D eigenvalue weighted by Gasteiger charge is 2.60. The molecule has 25 heavy (non-hydrogen) atoms. The standard InChI is InChI=1S/C20H22F3NO/c1-3-4-11-24(2)13-14-9-10-16-15-7-5-6-8-17(15)19(25,18(16)12-14)20(21,22)23/h5-10,12,25H,3-4,11,13H2,1-2H3. The predicted octanol–water partition coefficient (Wildman–Crippen LogP) is 4.70. The molecular weight excluding hydrogens is 327 g/mol. The molecule has 0 fully saturated rings. The van der Waals surface area contributed by atoms with Crippen molar-refractivity contribution in [2.75, 3.05) is 13.6 Å². The first-order valence-corrected chi connectivity index (χ1v) is 8.50. The highest BCUT2D eigenvalue weighted by molar-refractivity contribution is 5.80. The van der Waals surface area contributed by atoms with Crippen molar-refractivity contribution < 1.29 is 18.3 Å². The number of aliphatic hydroxyl groups is 1. The van der Waals surface area contributed by atoms with E-state index in [9.17, 15) is 18.3 Å². The van der Waals surface area contributed by atoms with Gasteiger partial charge in [-0.1, -0.05) is 55.8 Å². The lowest BCUT2D eigenvalue weighted by Gasteiger charge is -2.28. The van der Waals surface area contributed by atoms with Crippen LogP contribution in [0.2, 0.25) is 0 Å². The number of rotatable bonds is 5. The van der Waals surface area contributed by atoms with Crippen molar-refractivity contribution in [3.05, 3.63) is 59.2 Å². The van der Waals surface area contributed by atoms with Gasteiger partial charge in [-0.2, -0.15) is 13.2 Å². The van der Waals surface area contributed by atoms with Crippen LogP contribution in [0.15, 0.2) is 42.5 Å². The summed E-state index contributed by atoms with van der Waals surface area (Å²) in [5.74, 6) is 0. The molecule has 0 amide bonds. The van der Waals surface area contributed by atoms with E-state index in [4.69, 9.17) is 0 Å². The van der Waals surface area contributed by atoms with Crippen molar-refractivity contribution >= 4 is 0 Å². The molecule has 0 bridgehead atoms. The van der Waals surface area contributed by atoms with Crippen LogP contribution in [0.25, 0.3) is 11.1 Å². The van der Waals surface area contributed by atoms with Gasteiger partial charge < -0.3 is 10.0 Å². The van der Waals surface area contributed by atoms with E-state index in [0.717, 1.165) is 24.9 Å². The Hall–Kier alpha value is -1.85. The van der Waals surface area contributed by atoms with Gasteiger partial charge in [0, 0.05) is 17.7 Å². The van der Waals surface area contributed by atoms with Crippen LogP contribution >= 0.6 is 0 Å². The maximum Gasteiger partial charge on any atom is 0.425 e. The van der Waals surface area contributed by atoms with Crippen LogP contribution in [0.3, 0.4) is 0 Å². The van der Waals surface area contributed by atoms with Gasteiger partial charge in [-0.25, -0.2) is 0 Å². The van der Waals surface area contributed by atoms with E-state index in [2.05, 4.69) is 11.8 Å². The van der Waals surface area contributed by atoms with E-state index < -0.39 is 11.8 Å². The second kappa shape index (κ2) is 6.46. The number of benzene rings is 2. The van der Waals surface area contributed by atoms with Gasteiger partial charge in [0.2, 0.25) is 5.60 Å². The zero-order chi connectivity index (χ0) is 18.2. The third-order valence-corrected chi connectivity index (χ3v) is 4.84. The Morgan fingerprint density at radius 2 is 1.72 bits per heavy atom. The number of hydrogen-bond acceptors (Lipinski definition) is 2. The van der Waals surface area contributed by atoms with E-state index in [1.807, 2.05) is 13.1 Å². The lowest BCUT2D eigenvalue weighted by atomic mass is 9.90. The van der Waals surface area contributed by atoms with E-state index in [0.29, 0.717) is 17.7 Å². The molecule has 134 valence electrons. The quantitative estimate of drug-likeness (QED) is 0.846. The van der Waals surface area contributed by atoms with Gasteiger partial charge in [-0.05, 0) is 36.7 Å². The first kappa shape index (κ1) is 18.0. The molecule has 3 rings (SSSR count). The molecule has 5 heteroatoms. The van der Waals surface area contributed by atoms with Crippen molar-refractivity contribution in [2.45, 2.75) is 38.1 Å². The van der Waals surface area contributed by atoms with Crippen molar-refractivity contribution in [3.63, 3.8) is 0 Å². The smallest absolute Gasteiger partial charge is 0.372 e. The summed E-state index contributed by atoms with van der Waals surface area (Å²) in [6, 6.07) is 11.3. The monoisotopic (exact) mass is 349 g/mol. The molecule has 0 heterocycles. The van der Waals surface area contributed by atoms with Gasteiger partial charge in [0.1, 0.15) is 0 Å². The molecule has 0 aliphatic heterocycles. The summed E-state index contributed by atoms with van der Waals surface area (Å²) in [6.45, 7) is 3.54. The molecule has 0 aromatic heterocycles. The molecule has 0 spiro atoms. The van der Waals surface area contributed by atoms with Crippen LogP contribution in [0.1, 0.15) is 36.5 Å². The van der Waals surface area contributed by atoms with E-state index in [1.165, 1.54) is 18.2 Å². The summed E-state index contributed by atoms with van der Waals surface area (Å²) < 4.78 is 41.4. The molecule has 1 atom stereocenters. The Balaban J connectivity index is 2.04. The fourth-order valence-corrected chi connectivity index (χ4v) is 3.53. The molecule has 2 nitrogen and oxygen atoms in total. The fraction of sp³-hybridized carbons (Fsp3) is 0.400. The third-order valence-electron chi connectivity index (χ3n) is 4.84. The minimum Gasteiger partial charge on any atom is -0.372 e. The molecule has 1 N–H and O–H groups in total. The highest BCUT2D eigenvalue weighted by Crippen LogP contribution is 2.54. The SMILES string of the molecule is CCCCN(C)Cc1ccc2c(c1)C(O)(C(F)(F)F)c1ccccc1-2. The Labute approximate surface area is 145 Å². The van der Waals surface area contributed by atoms with Gasteiger partial charge in [-0.15, -0.1) is 0 Å². The lowest BCUT2D eigenvalue weighted by molar-refractivity contribution is -0.246. The molecule has 1 unspecified atom stereocenters. The summed E-state index contributed by atoms with van der Waals surface area (Å²) in [5.41, 5.74) is -1.43. The molecule has 0 saturated heterocycles. The zero-order valence-corrected chi connectivity index (χ0v) is 14.4. The van der Waals surface area contributed by atoms with Gasteiger partial charge >= 0.3 is 6.18 Å². The maximum absolute atomic E-state index is 13.8. The number of halogens is 3. The maximum atomic E-state index is 13.8. The van der Waals surface area contributed by atoms with Crippen molar-refractivity contribution in [2.24, 2.45) is 0 Å². The van der Waals surface area contributed by atoms with Crippen LogP contribution in [-0.4, -0.2) is 29.8 Å². The van der Waals surface area contributed by atoms with Gasteiger partial charge in [-0.3, -0.25) is 0 Å². The molecule has 0 saturated carbocycles. The predicted molar refractivity (Wildman–Crippen MR) is 92.2 cm³/mol. The second-order valence-corrected chi connectivity index (χ2v) is 6.73. The molecular formula is C20H22F3NO. The summed E-state index contributed by atoms with van der Waals surface area (Å²) in [5, 5.41) is 10.7. The second-order valence-electron chi connectivity index (χ2n) is 6.73. The minimum absolute atomic E-state index is 0.0670. The number of alkyl halides is 3.